The van der Waals surface area contributed by atoms with Gasteiger partial charge in [0, 0.05) is 12.6 Å². The first kappa shape index (κ1) is 16.9. The molecular weight excluding hydrogens is 345 g/mol. The predicted molar refractivity (Wildman–Crippen MR) is 70.4 cm³/mol. The zero-order valence-corrected chi connectivity index (χ0v) is 12.1. The van der Waals surface area contributed by atoms with Gasteiger partial charge in [-0.15, -0.1) is 0 Å². The van der Waals surface area contributed by atoms with Crippen molar-refractivity contribution in [3.63, 3.8) is 0 Å². The summed E-state index contributed by atoms with van der Waals surface area (Å²) in [6.07, 6.45) is -4.20. The van der Waals surface area contributed by atoms with E-state index in [0.717, 1.165) is 6.20 Å². The molecule has 114 valence electrons. The highest BCUT2D eigenvalue weighted by Gasteiger charge is 2.29. The summed E-state index contributed by atoms with van der Waals surface area (Å²) >= 11 is 2.92. The molecule has 20 heavy (non-hydrogen) atoms. The van der Waals surface area contributed by atoms with Crippen molar-refractivity contribution in [3.05, 3.63) is 21.0 Å². The molecule has 0 aliphatic rings. The number of anilines is 1. The van der Waals surface area contributed by atoms with E-state index in [-0.39, 0.29) is 16.7 Å². The van der Waals surface area contributed by atoms with Crippen molar-refractivity contribution in [3.8, 4) is 0 Å². The number of nitrogens with two attached hydrogens (primary N) is 1. The third-order valence-corrected chi connectivity index (χ3v) is 3.23. The number of aliphatic hydroxyl groups excluding tert-OH is 1. The summed E-state index contributed by atoms with van der Waals surface area (Å²) in [5.74, 6) is 0. The second-order valence-corrected chi connectivity index (χ2v) is 5.03. The summed E-state index contributed by atoms with van der Waals surface area (Å²) < 4.78 is 36.9. The highest BCUT2D eigenvalue weighted by molar-refractivity contribution is 9.10. The predicted octanol–water partition coefficient (Wildman–Crippen LogP) is 0.688. The fraction of sp³-hybridized carbons (Fsp3) is 0.600. The highest BCUT2D eigenvalue weighted by atomic mass is 79.9. The molecule has 0 spiro atoms. The van der Waals surface area contributed by atoms with E-state index in [2.05, 4.69) is 26.3 Å². The van der Waals surface area contributed by atoms with Crippen LogP contribution in [0.25, 0.3) is 0 Å². The normalized spacial score (nSPS) is 14.9. The summed E-state index contributed by atoms with van der Waals surface area (Å²) in [6, 6.07) is -0.584. The summed E-state index contributed by atoms with van der Waals surface area (Å²) in [6.45, 7) is 0.180. The minimum absolute atomic E-state index is 0.0745. The highest BCUT2D eigenvalue weighted by Crippen LogP contribution is 2.19. The second-order valence-electron chi connectivity index (χ2n) is 4.24. The van der Waals surface area contributed by atoms with Crippen LogP contribution in [-0.2, 0) is 6.54 Å². The molecule has 1 rings (SSSR count). The molecule has 1 aromatic heterocycles. The lowest BCUT2D eigenvalue weighted by molar-refractivity contribution is -0.143. The molecule has 0 saturated carbocycles. The lowest BCUT2D eigenvalue weighted by Crippen LogP contribution is -2.39. The number of rotatable bonds is 5. The van der Waals surface area contributed by atoms with Crippen LogP contribution in [0.4, 0.5) is 18.9 Å². The monoisotopic (exact) mass is 358 g/mol. The topological polar surface area (TPSA) is 93.2 Å². The van der Waals surface area contributed by atoms with E-state index >= 15 is 0 Å². The maximum absolute atomic E-state index is 12.2. The van der Waals surface area contributed by atoms with Gasteiger partial charge in [0.2, 0.25) is 0 Å². The summed E-state index contributed by atoms with van der Waals surface area (Å²) in [5, 5.41) is 15.4. The maximum Gasteiger partial charge on any atom is 0.408 e. The van der Waals surface area contributed by atoms with Crippen LogP contribution in [0.5, 0.6) is 0 Å². The van der Waals surface area contributed by atoms with E-state index in [1.807, 2.05) is 0 Å². The summed E-state index contributed by atoms with van der Waals surface area (Å²) in [7, 11) is 0. The molecule has 0 aliphatic heterocycles. The molecule has 1 aromatic rings. The number of alkyl halides is 3. The van der Waals surface area contributed by atoms with Gasteiger partial charge < -0.3 is 16.2 Å². The van der Waals surface area contributed by atoms with Crippen LogP contribution >= 0.6 is 15.9 Å². The lowest BCUT2D eigenvalue weighted by Gasteiger charge is -2.17. The minimum atomic E-state index is -4.53. The third kappa shape index (κ3) is 4.76. The molecule has 4 N–H and O–H groups in total. The summed E-state index contributed by atoms with van der Waals surface area (Å²) in [5.41, 5.74) is 4.89. The third-order valence-electron chi connectivity index (χ3n) is 2.46. The molecule has 2 atom stereocenters. The molecule has 2 unspecified atom stereocenters. The Morgan fingerprint density at radius 1 is 1.60 bits per heavy atom. The Morgan fingerprint density at radius 2 is 2.20 bits per heavy atom. The number of halogens is 4. The van der Waals surface area contributed by atoms with Gasteiger partial charge >= 0.3 is 6.18 Å². The second kappa shape index (κ2) is 6.55. The lowest BCUT2D eigenvalue weighted by atomic mass is 10.2. The molecule has 1 heterocycles. The fourth-order valence-corrected chi connectivity index (χ4v) is 1.72. The van der Waals surface area contributed by atoms with Gasteiger partial charge in [-0.3, -0.25) is 4.79 Å². The van der Waals surface area contributed by atoms with Crippen molar-refractivity contribution < 1.29 is 18.3 Å². The molecule has 0 aliphatic carbocycles. The van der Waals surface area contributed by atoms with Crippen LogP contribution in [0.3, 0.4) is 0 Å². The average Bonchev–Trinajstić information content (AvgIpc) is 2.32. The molecule has 0 saturated heterocycles. The van der Waals surface area contributed by atoms with E-state index in [0.29, 0.717) is 4.68 Å². The van der Waals surface area contributed by atoms with Crippen LogP contribution in [0, 0.1) is 0 Å². The van der Waals surface area contributed by atoms with E-state index < -0.39 is 30.4 Å². The first-order chi connectivity index (χ1) is 9.11. The van der Waals surface area contributed by atoms with Crippen LogP contribution in [0.15, 0.2) is 15.5 Å². The van der Waals surface area contributed by atoms with Gasteiger partial charge in [0.1, 0.15) is 11.0 Å². The van der Waals surface area contributed by atoms with Crippen molar-refractivity contribution in [2.75, 3.05) is 11.9 Å². The quantitative estimate of drug-likeness (QED) is 0.719. The Morgan fingerprint density at radius 3 is 2.70 bits per heavy atom. The number of nitrogens with zero attached hydrogens (tertiary/aromatic N) is 2. The van der Waals surface area contributed by atoms with Gasteiger partial charge in [-0.05, 0) is 22.9 Å². The zero-order valence-electron chi connectivity index (χ0n) is 10.5. The Kier molecular flexibility index (Phi) is 5.54. The molecule has 0 fully saturated rings. The Bertz CT molecular complexity index is 518. The summed E-state index contributed by atoms with van der Waals surface area (Å²) in [4.78, 5) is 11.7. The van der Waals surface area contributed by atoms with E-state index in [1.54, 1.807) is 0 Å². The molecule has 0 bridgehead atoms. The zero-order chi connectivity index (χ0) is 15.5. The van der Waals surface area contributed by atoms with Gasteiger partial charge in [0.15, 0.2) is 0 Å². The smallest absolute Gasteiger partial charge is 0.392 e. The molecule has 10 heteroatoms. The minimum Gasteiger partial charge on any atom is -0.392 e. The molecular formula is C10H14BrF3N4O2. The number of hydrogen-bond acceptors (Lipinski definition) is 5. The molecule has 0 radical (unpaired) electrons. The van der Waals surface area contributed by atoms with Crippen LogP contribution in [-0.4, -0.2) is 39.8 Å². The van der Waals surface area contributed by atoms with E-state index in [9.17, 15) is 23.1 Å². The van der Waals surface area contributed by atoms with E-state index in [4.69, 9.17) is 5.73 Å². The van der Waals surface area contributed by atoms with Gasteiger partial charge in [-0.25, -0.2) is 4.68 Å². The average molecular weight is 359 g/mol. The van der Waals surface area contributed by atoms with Crippen molar-refractivity contribution in [1.82, 2.24) is 9.78 Å². The Labute approximate surface area is 120 Å². The van der Waals surface area contributed by atoms with Crippen molar-refractivity contribution >= 4 is 21.6 Å². The number of hydrogen-bond donors (Lipinski definition) is 3. The number of aliphatic hydroxyl groups is 1. The standard InChI is InChI=1S/C10H14BrF3N4O2/c1-5(19)6(15)2-16-7-3-17-18(4-10(12,13)14)9(20)8(7)11/h3,5-6,16,19H,2,4,15H2,1H3. The maximum atomic E-state index is 12.2. The van der Waals surface area contributed by atoms with Crippen molar-refractivity contribution in [1.29, 1.82) is 0 Å². The molecule has 6 nitrogen and oxygen atoms in total. The van der Waals surface area contributed by atoms with Crippen LogP contribution in [0.1, 0.15) is 6.92 Å². The number of nitrogens with one attached hydrogen (secondary N) is 1. The largest absolute Gasteiger partial charge is 0.408 e. The van der Waals surface area contributed by atoms with E-state index in [1.165, 1.54) is 6.92 Å². The first-order valence-corrected chi connectivity index (χ1v) is 6.41. The SMILES string of the molecule is CC(O)C(N)CNc1cnn(CC(F)(F)F)c(=O)c1Br. The first-order valence-electron chi connectivity index (χ1n) is 5.61. The van der Waals surface area contributed by atoms with Gasteiger partial charge in [0.05, 0.1) is 18.0 Å². The van der Waals surface area contributed by atoms with Crippen molar-refractivity contribution in [2.45, 2.75) is 31.8 Å². The fourth-order valence-electron chi connectivity index (χ4n) is 1.27. The van der Waals surface area contributed by atoms with Crippen molar-refractivity contribution in [2.24, 2.45) is 5.73 Å². The Hall–Kier alpha value is -1.13. The Balaban J connectivity index is 2.87. The molecule has 0 aromatic carbocycles. The molecule has 0 amide bonds. The van der Waals surface area contributed by atoms with Gasteiger partial charge in [0.25, 0.3) is 5.56 Å². The van der Waals surface area contributed by atoms with Crippen LogP contribution in [0.2, 0.25) is 0 Å². The number of aromatic nitrogens is 2. The van der Waals surface area contributed by atoms with Gasteiger partial charge in [-0.1, -0.05) is 0 Å². The van der Waals surface area contributed by atoms with Gasteiger partial charge in [-0.2, -0.15) is 18.3 Å². The van der Waals surface area contributed by atoms with Crippen LogP contribution < -0.4 is 16.6 Å².